The molecule has 1 aliphatic rings. The molecule has 0 amide bonds. The van der Waals surface area contributed by atoms with Crippen molar-refractivity contribution in [3.05, 3.63) is 90.8 Å². The highest BCUT2D eigenvalue weighted by molar-refractivity contribution is 7.98. The molecule has 0 unspecified atom stereocenters. The summed E-state index contributed by atoms with van der Waals surface area (Å²) < 4.78 is 7.81. The van der Waals surface area contributed by atoms with E-state index in [1.54, 1.807) is 29.2 Å². The zero-order valence-corrected chi connectivity index (χ0v) is 21.4. The van der Waals surface area contributed by atoms with Crippen LogP contribution < -0.4 is 5.56 Å². The maximum Gasteiger partial charge on any atom is 0.262 e. The van der Waals surface area contributed by atoms with Crippen LogP contribution in [0.25, 0.3) is 10.2 Å². The zero-order valence-electron chi connectivity index (χ0n) is 18.2. The average molecular weight is 518 g/mol. The molecule has 0 spiro atoms. The second-order valence-corrected chi connectivity index (χ2v) is 11.6. The fourth-order valence-electron chi connectivity index (χ4n) is 4.02. The van der Waals surface area contributed by atoms with Crippen LogP contribution >= 0.6 is 46.3 Å². The van der Waals surface area contributed by atoms with Crippen molar-refractivity contribution in [1.29, 1.82) is 0 Å². The quantitative estimate of drug-likeness (QED) is 0.269. The molecule has 0 fully saturated rings. The fourth-order valence-corrected chi connectivity index (χ4v) is 6.38. The molecule has 0 aliphatic carbocycles. The summed E-state index contributed by atoms with van der Waals surface area (Å²) >= 11 is 15.4. The zero-order chi connectivity index (χ0) is 23.2. The van der Waals surface area contributed by atoms with Crippen molar-refractivity contribution in [1.82, 2.24) is 9.55 Å². The Morgan fingerprint density at radius 2 is 1.94 bits per heavy atom. The molecule has 8 heteroatoms. The summed E-state index contributed by atoms with van der Waals surface area (Å²) in [5.74, 6) is 1.28. The Bertz CT molecular complexity index is 1400. The number of thiophene rings is 1. The van der Waals surface area contributed by atoms with Crippen molar-refractivity contribution in [3.63, 3.8) is 0 Å². The number of halogens is 2. The standard InChI is InChI=1S/C25H22Cl2N2O2S2/c1-25(2)11-17-20(13-31-25)33-23-22(17)24(30)29(12-15-6-4-3-5-7-15)21(28-23)14-32-16-8-9-18(26)19(27)10-16/h3-10H,11-14H2,1-2H3. The summed E-state index contributed by atoms with van der Waals surface area (Å²) in [6.45, 7) is 5.13. The number of fused-ring (bicyclic) bond motifs is 3. The molecule has 0 atom stereocenters. The molecule has 0 bridgehead atoms. The molecule has 4 aromatic rings. The molecule has 0 saturated carbocycles. The highest BCUT2D eigenvalue weighted by Crippen LogP contribution is 2.37. The Labute approximate surface area is 210 Å². The van der Waals surface area contributed by atoms with E-state index < -0.39 is 0 Å². The van der Waals surface area contributed by atoms with Crippen molar-refractivity contribution >= 4 is 56.5 Å². The van der Waals surface area contributed by atoms with Crippen LogP contribution in [0, 0.1) is 0 Å². The van der Waals surface area contributed by atoms with Crippen LogP contribution in [0.5, 0.6) is 0 Å². The maximum atomic E-state index is 13.8. The first-order valence-electron chi connectivity index (χ1n) is 10.6. The molecule has 4 nitrogen and oxygen atoms in total. The lowest BCUT2D eigenvalue weighted by molar-refractivity contribution is -0.0379. The molecule has 5 rings (SSSR count). The van der Waals surface area contributed by atoms with Gasteiger partial charge in [-0.15, -0.1) is 23.1 Å². The molecule has 3 heterocycles. The third-order valence-electron chi connectivity index (χ3n) is 5.71. The van der Waals surface area contributed by atoms with Gasteiger partial charge in [0.25, 0.3) is 5.56 Å². The van der Waals surface area contributed by atoms with Gasteiger partial charge in [0.15, 0.2) is 0 Å². The van der Waals surface area contributed by atoms with E-state index in [2.05, 4.69) is 13.8 Å². The Morgan fingerprint density at radius 3 is 2.70 bits per heavy atom. The van der Waals surface area contributed by atoms with Gasteiger partial charge in [-0.25, -0.2) is 4.98 Å². The van der Waals surface area contributed by atoms with Crippen molar-refractivity contribution in [2.45, 2.75) is 49.7 Å². The number of nitrogens with zero attached hydrogens (tertiary/aromatic N) is 2. The van der Waals surface area contributed by atoms with Crippen LogP contribution in [0.1, 0.15) is 35.7 Å². The topological polar surface area (TPSA) is 44.1 Å². The van der Waals surface area contributed by atoms with E-state index in [0.717, 1.165) is 36.9 Å². The maximum absolute atomic E-state index is 13.8. The number of ether oxygens (including phenoxy) is 1. The van der Waals surface area contributed by atoms with E-state index in [-0.39, 0.29) is 11.2 Å². The van der Waals surface area contributed by atoms with E-state index in [1.165, 1.54) is 0 Å². The van der Waals surface area contributed by atoms with E-state index in [9.17, 15) is 4.79 Å². The number of aromatic nitrogens is 2. The normalized spacial score (nSPS) is 15.0. The minimum Gasteiger partial charge on any atom is -0.370 e. The lowest BCUT2D eigenvalue weighted by Gasteiger charge is -2.30. The first-order valence-corrected chi connectivity index (χ1v) is 13.2. The van der Waals surface area contributed by atoms with Gasteiger partial charge in [-0.05, 0) is 43.2 Å². The summed E-state index contributed by atoms with van der Waals surface area (Å²) in [4.78, 5) is 21.7. The number of hydrogen-bond donors (Lipinski definition) is 0. The van der Waals surface area contributed by atoms with Gasteiger partial charge in [0.2, 0.25) is 0 Å². The predicted molar refractivity (Wildman–Crippen MR) is 138 cm³/mol. The van der Waals surface area contributed by atoms with Crippen LogP contribution in [-0.4, -0.2) is 15.2 Å². The molecule has 0 N–H and O–H groups in total. The summed E-state index contributed by atoms with van der Waals surface area (Å²) in [5.41, 5.74) is 1.88. The molecule has 0 saturated heterocycles. The number of rotatable bonds is 5. The highest BCUT2D eigenvalue weighted by Gasteiger charge is 2.31. The van der Waals surface area contributed by atoms with Crippen LogP contribution in [0.15, 0.2) is 58.2 Å². The van der Waals surface area contributed by atoms with Gasteiger partial charge < -0.3 is 4.74 Å². The summed E-state index contributed by atoms with van der Waals surface area (Å²) in [5, 5.41) is 1.78. The van der Waals surface area contributed by atoms with Gasteiger partial charge in [-0.1, -0.05) is 53.5 Å². The Hall–Kier alpha value is -1.83. The lowest BCUT2D eigenvalue weighted by atomic mass is 9.94. The van der Waals surface area contributed by atoms with Gasteiger partial charge in [-0.3, -0.25) is 9.36 Å². The van der Waals surface area contributed by atoms with Crippen LogP contribution in [-0.2, 0) is 30.1 Å². The minimum absolute atomic E-state index is 0.0174. The third-order valence-corrected chi connectivity index (χ3v) is 8.54. The van der Waals surface area contributed by atoms with Gasteiger partial charge in [0.05, 0.1) is 39.9 Å². The summed E-state index contributed by atoms with van der Waals surface area (Å²) in [7, 11) is 0. The van der Waals surface area contributed by atoms with E-state index in [1.807, 2.05) is 47.0 Å². The lowest BCUT2D eigenvalue weighted by Crippen LogP contribution is -2.32. The largest absolute Gasteiger partial charge is 0.370 e. The van der Waals surface area contributed by atoms with Gasteiger partial charge in [0.1, 0.15) is 10.7 Å². The molecular formula is C25H22Cl2N2O2S2. The van der Waals surface area contributed by atoms with E-state index in [4.69, 9.17) is 32.9 Å². The first-order chi connectivity index (χ1) is 15.8. The fraction of sp³-hybridized carbons (Fsp3) is 0.280. The molecular weight excluding hydrogens is 495 g/mol. The van der Waals surface area contributed by atoms with Gasteiger partial charge in [-0.2, -0.15) is 0 Å². The average Bonchev–Trinajstić information content (AvgIpc) is 3.14. The second kappa shape index (κ2) is 9.08. The Kier molecular flexibility index (Phi) is 6.31. The molecule has 0 radical (unpaired) electrons. The van der Waals surface area contributed by atoms with Crippen LogP contribution in [0.4, 0.5) is 0 Å². The first kappa shape index (κ1) is 22.9. The molecule has 170 valence electrons. The van der Waals surface area contributed by atoms with E-state index in [0.29, 0.717) is 35.4 Å². The second-order valence-electron chi connectivity index (χ2n) is 8.68. The Balaban J connectivity index is 1.59. The highest BCUT2D eigenvalue weighted by atomic mass is 35.5. The molecule has 2 aromatic heterocycles. The molecule has 2 aromatic carbocycles. The van der Waals surface area contributed by atoms with Gasteiger partial charge >= 0.3 is 0 Å². The van der Waals surface area contributed by atoms with Crippen molar-refractivity contribution in [2.24, 2.45) is 0 Å². The molecule has 1 aliphatic heterocycles. The van der Waals surface area contributed by atoms with Crippen molar-refractivity contribution in [3.8, 4) is 0 Å². The van der Waals surface area contributed by atoms with Gasteiger partial charge in [0, 0.05) is 16.2 Å². The number of thioether (sulfide) groups is 1. The smallest absolute Gasteiger partial charge is 0.262 e. The van der Waals surface area contributed by atoms with E-state index >= 15 is 0 Å². The number of benzene rings is 2. The van der Waals surface area contributed by atoms with Crippen molar-refractivity contribution in [2.75, 3.05) is 0 Å². The van der Waals surface area contributed by atoms with Crippen LogP contribution in [0.3, 0.4) is 0 Å². The van der Waals surface area contributed by atoms with Crippen molar-refractivity contribution < 1.29 is 4.74 Å². The minimum atomic E-state index is -0.292. The predicted octanol–water partition coefficient (Wildman–Crippen LogP) is 6.96. The molecule has 33 heavy (non-hydrogen) atoms. The third kappa shape index (κ3) is 4.73. The number of hydrogen-bond acceptors (Lipinski definition) is 5. The SMILES string of the molecule is CC1(C)Cc2c(sc3nc(CSc4ccc(Cl)c(Cl)c4)n(Cc4ccccc4)c(=O)c23)CO1. The summed E-state index contributed by atoms with van der Waals surface area (Å²) in [6, 6.07) is 15.6. The summed E-state index contributed by atoms with van der Waals surface area (Å²) in [6.07, 6.45) is 0.710. The van der Waals surface area contributed by atoms with Crippen LogP contribution in [0.2, 0.25) is 10.0 Å². The Morgan fingerprint density at radius 1 is 1.15 bits per heavy atom. The monoisotopic (exact) mass is 516 g/mol.